The third-order valence-electron chi connectivity index (χ3n) is 9.48. The van der Waals surface area contributed by atoms with Crippen LogP contribution in [0, 0.1) is 0 Å². The Morgan fingerprint density at radius 1 is 0.615 bits per heavy atom. The summed E-state index contributed by atoms with van der Waals surface area (Å²) < 4.78 is 39.6. The van der Waals surface area contributed by atoms with Gasteiger partial charge in [0.05, 0.1) is 31.8 Å². The van der Waals surface area contributed by atoms with Crippen LogP contribution in [0.1, 0.15) is 28.4 Å². The van der Waals surface area contributed by atoms with Crippen LogP contribution in [0.25, 0.3) is 0 Å². The number of rotatable bonds is 10. The van der Waals surface area contributed by atoms with Crippen LogP contribution in [0.5, 0.6) is 17.2 Å². The van der Waals surface area contributed by atoms with Gasteiger partial charge in [-0.25, -0.2) is 0 Å². The molecule has 3 saturated heterocycles. The topological polar surface area (TPSA) is 304 Å². The highest BCUT2D eigenvalue weighted by atomic mass is 16.8. The van der Waals surface area contributed by atoms with E-state index >= 15 is 0 Å². The Labute approximate surface area is 295 Å². The smallest absolute Gasteiger partial charge is 0.229 e. The molecular weight excluding hydrogens is 700 g/mol. The third-order valence-corrected chi connectivity index (χ3v) is 9.48. The van der Waals surface area contributed by atoms with Gasteiger partial charge in [-0.15, -0.1) is 0 Å². The van der Waals surface area contributed by atoms with E-state index in [1.807, 2.05) is 0 Å². The van der Waals surface area contributed by atoms with Crippen LogP contribution >= 0.6 is 0 Å². The van der Waals surface area contributed by atoms with Crippen LogP contribution in [0.4, 0.5) is 0 Å². The molecule has 0 radical (unpaired) electrons. The van der Waals surface area contributed by atoms with Gasteiger partial charge in [0.2, 0.25) is 6.29 Å². The second-order valence-electron chi connectivity index (χ2n) is 12.9. The number of ether oxygens (including phenoxy) is 7. The molecule has 4 unspecified atom stereocenters. The number of ketones is 1. The number of fused-ring (bicyclic) bond motifs is 1. The van der Waals surface area contributed by atoms with Gasteiger partial charge in [-0.2, -0.15) is 0 Å². The molecule has 19 heteroatoms. The summed E-state index contributed by atoms with van der Waals surface area (Å²) >= 11 is 0. The molecule has 0 aromatic heterocycles. The maximum absolute atomic E-state index is 12.8. The quantitative estimate of drug-likeness (QED) is 0.110. The first-order valence-corrected chi connectivity index (χ1v) is 16.5. The molecule has 0 spiro atoms. The van der Waals surface area contributed by atoms with Crippen LogP contribution in [0.15, 0.2) is 42.5 Å². The number of phenolic OH excluding ortho intramolecular Hbond substituents is 1. The number of hydrogen-bond acceptors (Lipinski definition) is 19. The van der Waals surface area contributed by atoms with E-state index < -0.39 is 118 Å². The van der Waals surface area contributed by atoms with Crippen molar-refractivity contribution in [2.24, 2.45) is 0 Å². The normalized spacial score (nSPS) is 40.8. The lowest BCUT2D eigenvalue weighted by Crippen LogP contribution is -2.66. The van der Waals surface area contributed by atoms with Crippen molar-refractivity contribution in [1.82, 2.24) is 0 Å². The van der Waals surface area contributed by atoms with Gasteiger partial charge < -0.3 is 89.3 Å². The second kappa shape index (κ2) is 16.1. The summed E-state index contributed by atoms with van der Waals surface area (Å²) in [5.74, 6) is 0.0808. The molecule has 4 heterocycles. The van der Waals surface area contributed by atoms with E-state index in [2.05, 4.69) is 0 Å². The summed E-state index contributed by atoms with van der Waals surface area (Å²) in [5.41, 5.74) is 0.931. The Balaban J connectivity index is 1.11. The van der Waals surface area contributed by atoms with Crippen LogP contribution in [0.3, 0.4) is 0 Å². The van der Waals surface area contributed by atoms with Crippen molar-refractivity contribution in [3.8, 4) is 17.2 Å². The summed E-state index contributed by atoms with van der Waals surface area (Å²) in [6, 6.07) is 10.5. The highest BCUT2D eigenvalue weighted by Crippen LogP contribution is 2.39. The molecule has 52 heavy (non-hydrogen) atoms. The number of aliphatic hydroxyl groups is 10. The third kappa shape index (κ3) is 7.62. The van der Waals surface area contributed by atoms with Gasteiger partial charge in [0.25, 0.3) is 0 Å². The maximum atomic E-state index is 12.8. The zero-order valence-corrected chi connectivity index (χ0v) is 27.3. The molecule has 6 rings (SSSR count). The van der Waals surface area contributed by atoms with Gasteiger partial charge in [0.1, 0.15) is 96.6 Å². The fourth-order valence-corrected chi connectivity index (χ4v) is 6.53. The second-order valence-corrected chi connectivity index (χ2v) is 12.9. The summed E-state index contributed by atoms with van der Waals surface area (Å²) in [4.78, 5) is 12.8. The van der Waals surface area contributed by atoms with E-state index in [9.17, 15) is 61.0 Å². The van der Waals surface area contributed by atoms with Crippen molar-refractivity contribution >= 4 is 5.78 Å². The number of carbonyl (C=O) groups is 1. The lowest BCUT2D eigenvalue weighted by Gasteiger charge is -2.48. The van der Waals surface area contributed by atoms with Crippen molar-refractivity contribution in [3.05, 3.63) is 53.6 Å². The first-order valence-electron chi connectivity index (χ1n) is 16.5. The van der Waals surface area contributed by atoms with Crippen LogP contribution in [0.2, 0.25) is 0 Å². The lowest BCUT2D eigenvalue weighted by molar-refractivity contribution is -0.376. The summed E-state index contributed by atoms with van der Waals surface area (Å²) in [7, 11) is 0. The molecule has 0 saturated carbocycles. The van der Waals surface area contributed by atoms with E-state index in [1.165, 1.54) is 30.3 Å². The van der Waals surface area contributed by atoms with Gasteiger partial charge in [-0.1, -0.05) is 12.1 Å². The van der Waals surface area contributed by atoms with Crippen molar-refractivity contribution in [3.63, 3.8) is 0 Å². The molecule has 11 N–H and O–H groups in total. The molecule has 2 aromatic rings. The monoisotopic (exact) mass is 742 g/mol. The summed E-state index contributed by atoms with van der Waals surface area (Å²) in [6.07, 6.45) is -26.2. The number of hydrogen-bond donors (Lipinski definition) is 11. The molecule has 4 aliphatic heterocycles. The fraction of sp³-hybridized carbons (Fsp3) is 0.606. The molecule has 2 aromatic carbocycles. The molecule has 0 bridgehead atoms. The number of benzene rings is 2. The summed E-state index contributed by atoms with van der Waals surface area (Å²) in [5, 5.41) is 114. The Hall–Kier alpha value is -3.09. The molecule has 3 fully saturated rings. The minimum atomic E-state index is -1.97. The standard InChI is InChI=1S/C33H42O19/c34-9-19-22(39)23(40)26(43)32(48-19)51-30-21(11-36)50-33(28(45)25(30)42)52-29-20(10-35)49-31(27(44)24(29)41)46-14-5-6-15-16(38)8-17(47-18(15)7-14)12-1-3-13(37)4-2-12/h1-7,17,19-37,39-45H,8-11H2/t17?,19-,20-,21-,22-,23+,24-,25-,26-,27-,28-,29-,30-,31?,32?,33?/m1/s1. The Bertz CT molecular complexity index is 1500. The van der Waals surface area contributed by atoms with Crippen molar-refractivity contribution < 1.29 is 94.1 Å². The van der Waals surface area contributed by atoms with E-state index in [-0.39, 0.29) is 35.0 Å². The molecule has 288 valence electrons. The average Bonchev–Trinajstić information content (AvgIpc) is 3.14. The van der Waals surface area contributed by atoms with Crippen molar-refractivity contribution in [1.29, 1.82) is 0 Å². The van der Waals surface area contributed by atoms with Gasteiger partial charge in [-0.05, 0) is 29.8 Å². The summed E-state index contributed by atoms with van der Waals surface area (Å²) in [6.45, 7) is -2.43. The molecule has 19 nitrogen and oxygen atoms in total. The zero-order chi connectivity index (χ0) is 37.4. The van der Waals surface area contributed by atoms with Gasteiger partial charge in [0, 0.05) is 6.07 Å². The van der Waals surface area contributed by atoms with Crippen LogP contribution in [-0.4, -0.2) is 174 Å². The molecule has 0 aliphatic carbocycles. The minimum Gasteiger partial charge on any atom is -0.508 e. The molecular formula is C33H42O19. The number of aromatic hydroxyl groups is 1. The number of Topliss-reactive ketones (excluding diaryl/α,β-unsaturated/α-hetero) is 1. The first-order chi connectivity index (χ1) is 24.8. The Morgan fingerprint density at radius 2 is 1.13 bits per heavy atom. The van der Waals surface area contributed by atoms with E-state index in [4.69, 9.17) is 33.2 Å². The van der Waals surface area contributed by atoms with E-state index in [1.54, 1.807) is 12.1 Å². The van der Waals surface area contributed by atoms with Crippen molar-refractivity contribution in [2.45, 2.75) is 105 Å². The zero-order valence-electron chi connectivity index (χ0n) is 27.3. The number of aliphatic hydroxyl groups excluding tert-OH is 10. The Kier molecular flexibility index (Phi) is 12.0. The van der Waals surface area contributed by atoms with Crippen LogP contribution in [-0.2, 0) is 23.7 Å². The van der Waals surface area contributed by atoms with Gasteiger partial charge >= 0.3 is 0 Å². The maximum Gasteiger partial charge on any atom is 0.229 e. The number of phenols is 1. The number of carbonyl (C=O) groups excluding carboxylic acids is 1. The lowest BCUT2D eigenvalue weighted by atomic mass is 9.96. The Morgan fingerprint density at radius 3 is 1.71 bits per heavy atom. The predicted octanol–water partition coefficient (Wildman–Crippen LogP) is -4.07. The van der Waals surface area contributed by atoms with Crippen molar-refractivity contribution in [2.75, 3.05) is 19.8 Å². The van der Waals surface area contributed by atoms with E-state index in [0.29, 0.717) is 5.56 Å². The van der Waals surface area contributed by atoms with E-state index in [0.717, 1.165) is 0 Å². The highest BCUT2D eigenvalue weighted by molar-refractivity contribution is 6.00. The largest absolute Gasteiger partial charge is 0.508 e. The molecule has 4 aliphatic rings. The fourth-order valence-electron chi connectivity index (χ4n) is 6.53. The molecule has 0 amide bonds. The predicted molar refractivity (Wildman–Crippen MR) is 167 cm³/mol. The average molecular weight is 743 g/mol. The van der Waals surface area contributed by atoms with Gasteiger partial charge in [-0.3, -0.25) is 4.79 Å². The SMILES string of the molecule is O=C1CC(c2ccc(O)cc2)Oc2cc(OC3O[C@H](CO)[C@@H](OC4O[C@H](CO)[C@@H](OC5O[C@H](CO)[C@@H](O)[C@H](O)[C@H]5O)[C@H](O)[C@H]4O)[C@H](O)[C@H]3O)ccc21. The van der Waals surface area contributed by atoms with Crippen LogP contribution < -0.4 is 9.47 Å². The first kappa shape index (κ1) is 38.6. The highest BCUT2D eigenvalue weighted by Gasteiger charge is 2.53. The molecule has 16 atom stereocenters. The van der Waals surface area contributed by atoms with Gasteiger partial charge in [0.15, 0.2) is 18.4 Å². The minimum absolute atomic E-state index is 0.0479.